The average molecular weight is 294 g/mol. The minimum absolute atomic E-state index is 0.00541. The van der Waals surface area contributed by atoms with Crippen LogP contribution in [0.5, 0.6) is 0 Å². The molecule has 0 spiro atoms. The van der Waals surface area contributed by atoms with E-state index in [4.69, 9.17) is 5.26 Å². The third-order valence-corrected chi connectivity index (χ3v) is 2.68. The van der Waals surface area contributed by atoms with Crippen LogP contribution in [0.4, 0.5) is 5.82 Å². The summed E-state index contributed by atoms with van der Waals surface area (Å²) in [5, 5.41) is 30.1. The van der Waals surface area contributed by atoms with Crippen LogP contribution < -0.4 is 0 Å². The summed E-state index contributed by atoms with van der Waals surface area (Å²) in [6, 6.07) is 1.50. The van der Waals surface area contributed by atoms with Gasteiger partial charge in [-0.1, -0.05) is 0 Å². The summed E-state index contributed by atoms with van der Waals surface area (Å²) in [7, 11) is 0. The molecule has 1 N–H and O–H groups in total. The van der Waals surface area contributed by atoms with Gasteiger partial charge in [0.2, 0.25) is 5.82 Å². The van der Waals surface area contributed by atoms with E-state index < -0.39 is 28.0 Å². The molecule has 0 saturated carbocycles. The lowest BCUT2D eigenvalue weighted by molar-refractivity contribution is -0.389. The van der Waals surface area contributed by atoms with Gasteiger partial charge in [0.1, 0.15) is 6.07 Å². The van der Waals surface area contributed by atoms with Gasteiger partial charge in [0, 0.05) is 13.5 Å². The molecular formula is C12H14N4O5. The summed E-state index contributed by atoms with van der Waals surface area (Å²) in [5.41, 5.74) is -0.987. The van der Waals surface area contributed by atoms with Crippen molar-refractivity contribution in [2.24, 2.45) is 0 Å². The highest BCUT2D eigenvalue weighted by atomic mass is 16.6. The monoisotopic (exact) mass is 294 g/mol. The van der Waals surface area contributed by atoms with Crippen molar-refractivity contribution in [2.75, 3.05) is 6.61 Å². The quantitative estimate of drug-likeness (QED) is 0.217. The van der Waals surface area contributed by atoms with Crippen LogP contribution in [0.15, 0.2) is 5.57 Å². The fourth-order valence-electron chi connectivity index (χ4n) is 1.81. The lowest BCUT2D eigenvalue weighted by Crippen LogP contribution is -2.11. The van der Waals surface area contributed by atoms with Crippen LogP contribution in [0, 0.1) is 28.4 Å². The van der Waals surface area contributed by atoms with E-state index in [1.54, 1.807) is 6.92 Å². The number of hydrogen-bond donors (Lipinski definition) is 1. The highest BCUT2D eigenvalue weighted by Crippen LogP contribution is 2.27. The molecule has 0 aromatic carbocycles. The molecule has 112 valence electrons. The number of carbonyl (C=O) groups is 1. The highest BCUT2D eigenvalue weighted by Gasteiger charge is 2.31. The Bertz CT molecular complexity index is 653. The molecule has 1 aromatic heterocycles. The molecule has 0 fully saturated rings. The van der Waals surface area contributed by atoms with Crippen LogP contribution in [0.3, 0.4) is 0 Å². The van der Waals surface area contributed by atoms with Crippen molar-refractivity contribution in [3.63, 3.8) is 0 Å². The van der Waals surface area contributed by atoms with Gasteiger partial charge in [0.15, 0.2) is 17.0 Å². The number of aryl methyl sites for hydroxylation is 1. The third kappa shape index (κ3) is 3.00. The molecule has 0 aliphatic heterocycles. The molecule has 21 heavy (non-hydrogen) atoms. The number of nitro groups is 1. The number of rotatable bonds is 5. The van der Waals surface area contributed by atoms with E-state index in [2.05, 4.69) is 9.72 Å². The lowest BCUT2D eigenvalue weighted by atomic mass is 10.2. The Kier molecular flexibility index (Phi) is 5.01. The molecular weight excluding hydrogens is 280 g/mol. The zero-order valence-corrected chi connectivity index (χ0v) is 11.8. The Morgan fingerprint density at radius 3 is 2.62 bits per heavy atom. The molecule has 0 amide bonds. The molecule has 0 unspecified atom stereocenters. The second-order valence-electron chi connectivity index (χ2n) is 3.89. The van der Waals surface area contributed by atoms with Gasteiger partial charge in [-0.05, 0) is 23.8 Å². The number of imidazole rings is 1. The van der Waals surface area contributed by atoms with Crippen LogP contribution in [0.25, 0.3) is 5.76 Å². The van der Waals surface area contributed by atoms with E-state index >= 15 is 0 Å². The maximum atomic E-state index is 11.6. The van der Waals surface area contributed by atoms with Crippen molar-refractivity contribution in [3.05, 3.63) is 27.2 Å². The minimum Gasteiger partial charge on any atom is -0.504 e. The first-order valence-electron chi connectivity index (χ1n) is 6.11. The van der Waals surface area contributed by atoms with Crippen molar-refractivity contribution < 1.29 is 19.6 Å². The number of ether oxygens (including phenoxy) is 1. The van der Waals surface area contributed by atoms with E-state index in [1.165, 1.54) is 24.5 Å². The number of aliphatic hydroxyl groups is 1. The normalized spacial score (nSPS) is 11.5. The van der Waals surface area contributed by atoms with Crippen LogP contribution in [-0.4, -0.2) is 32.2 Å². The predicted octanol–water partition coefficient (Wildman–Crippen LogP) is 1.48. The van der Waals surface area contributed by atoms with E-state index in [1.807, 2.05) is 0 Å². The van der Waals surface area contributed by atoms with Gasteiger partial charge in [-0.15, -0.1) is 0 Å². The minimum atomic E-state index is -1.05. The SMILES string of the molecule is CCOC(=O)/C(C#N)=C(\O)c1c([N+](=O)[O-])nc(C)n1CC. The van der Waals surface area contributed by atoms with Crippen molar-refractivity contribution in [2.45, 2.75) is 27.3 Å². The van der Waals surface area contributed by atoms with Crippen LogP contribution in [-0.2, 0) is 16.1 Å². The van der Waals surface area contributed by atoms with Crippen molar-refractivity contribution in [1.29, 1.82) is 5.26 Å². The van der Waals surface area contributed by atoms with E-state index in [9.17, 15) is 20.0 Å². The topological polar surface area (TPSA) is 131 Å². The smallest absolute Gasteiger partial charge is 0.393 e. The summed E-state index contributed by atoms with van der Waals surface area (Å²) < 4.78 is 5.98. The Hall–Kier alpha value is -2.89. The van der Waals surface area contributed by atoms with Crippen molar-refractivity contribution in [3.8, 4) is 6.07 Å². The zero-order valence-electron chi connectivity index (χ0n) is 11.8. The lowest BCUT2D eigenvalue weighted by Gasteiger charge is -2.07. The first-order valence-corrected chi connectivity index (χ1v) is 6.11. The third-order valence-electron chi connectivity index (χ3n) is 2.68. The van der Waals surface area contributed by atoms with Crippen LogP contribution in [0.1, 0.15) is 25.4 Å². The van der Waals surface area contributed by atoms with Gasteiger partial charge in [0.05, 0.1) is 6.61 Å². The number of esters is 1. The van der Waals surface area contributed by atoms with E-state index in [-0.39, 0.29) is 24.7 Å². The molecule has 0 aliphatic carbocycles. The summed E-state index contributed by atoms with van der Waals surface area (Å²) in [5.74, 6) is -2.20. The number of carbonyl (C=O) groups excluding carboxylic acids is 1. The Morgan fingerprint density at radius 2 is 2.19 bits per heavy atom. The maximum Gasteiger partial charge on any atom is 0.393 e. The standard InChI is InChI=1S/C12H14N4O5/c1-4-15-7(3)14-11(16(19)20)9(15)10(17)8(6-13)12(18)21-5-2/h17H,4-5H2,1-3H3/b10-8-. The summed E-state index contributed by atoms with van der Waals surface area (Å²) >= 11 is 0. The molecule has 0 radical (unpaired) electrons. The molecule has 0 atom stereocenters. The van der Waals surface area contributed by atoms with Crippen molar-refractivity contribution >= 4 is 17.5 Å². The predicted molar refractivity (Wildman–Crippen MR) is 71.1 cm³/mol. The summed E-state index contributed by atoms with van der Waals surface area (Å²) in [4.78, 5) is 25.6. The van der Waals surface area contributed by atoms with Gasteiger partial charge >= 0.3 is 11.8 Å². The molecule has 1 rings (SSSR count). The summed E-state index contributed by atoms with van der Waals surface area (Å²) in [6.45, 7) is 5.02. The van der Waals surface area contributed by atoms with Gasteiger partial charge in [-0.25, -0.2) is 4.79 Å². The molecule has 1 heterocycles. The Balaban J connectivity index is 3.60. The second kappa shape index (κ2) is 6.51. The van der Waals surface area contributed by atoms with Crippen LogP contribution >= 0.6 is 0 Å². The molecule has 9 heteroatoms. The molecule has 0 bridgehead atoms. The fourth-order valence-corrected chi connectivity index (χ4v) is 1.81. The maximum absolute atomic E-state index is 11.6. The highest BCUT2D eigenvalue weighted by molar-refractivity contribution is 6.00. The van der Waals surface area contributed by atoms with Gasteiger partial charge in [0.25, 0.3) is 0 Å². The van der Waals surface area contributed by atoms with Gasteiger partial charge in [-0.3, -0.25) is 4.57 Å². The molecule has 9 nitrogen and oxygen atoms in total. The number of nitrogens with zero attached hydrogens (tertiary/aromatic N) is 4. The molecule has 1 aromatic rings. The van der Waals surface area contributed by atoms with Crippen LogP contribution in [0.2, 0.25) is 0 Å². The number of aromatic nitrogens is 2. The van der Waals surface area contributed by atoms with Gasteiger partial charge < -0.3 is 20.0 Å². The van der Waals surface area contributed by atoms with Crippen molar-refractivity contribution in [1.82, 2.24) is 9.55 Å². The molecule has 0 saturated heterocycles. The number of nitriles is 1. The first kappa shape index (κ1) is 16.2. The second-order valence-corrected chi connectivity index (χ2v) is 3.89. The fraction of sp³-hybridized carbons (Fsp3) is 0.417. The molecule has 0 aliphatic rings. The first-order chi connectivity index (χ1) is 9.88. The van der Waals surface area contributed by atoms with E-state index in [0.29, 0.717) is 0 Å². The zero-order chi connectivity index (χ0) is 16.2. The number of aliphatic hydroxyl groups excluding tert-OH is 1. The Labute approximate surface area is 120 Å². The van der Waals surface area contributed by atoms with E-state index in [0.717, 1.165) is 0 Å². The number of hydrogen-bond acceptors (Lipinski definition) is 7. The summed E-state index contributed by atoms with van der Waals surface area (Å²) in [6.07, 6.45) is 0. The average Bonchev–Trinajstić information content (AvgIpc) is 2.76. The van der Waals surface area contributed by atoms with Gasteiger partial charge in [-0.2, -0.15) is 5.26 Å². The largest absolute Gasteiger partial charge is 0.504 e. The Morgan fingerprint density at radius 1 is 1.57 bits per heavy atom.